The molecular formula is C26H36N2. The Morgan fingerprint density at radius 1 is 1.29 bits per heavy atom. The van der Waals surface area contributed by atoms with E-state index in [1.54, 1.807) is 0 Å². The Morgan fingerprint density at radius 3 is 2.61 bits per heavy atom. The zero-order valence-electron chi connectivity index (χ0n) is 18.1. The van der Waals surface area contributed by atoms with Crippen molar-refractivity contribution in [1.29, 1.82) is 0 Å². The number of aromatic nitrogens is 1. The van der Waals surface area contributed by atoms with Crippen LogP contribution >= 0.6 is 0 Å². The summed E-state index contributed by atoms with van der Waals surface area (Å²) in [5.41, 5.74) is 6.90. The van der Waals surface area contributed by atoms with Gasteiger partial charge in [-0.25, -0.2) is 0 Å². The maximum atomic E-state index is 4.32. The highest BCUT2D eigenvalue weighted by Gasteiger charge is 2.10. The maximum absolute atomic E-state index is 4.32. The van der Waals surface area contributed by atoms with E-state index in [-0.39, 0.29) is 0 Å². The van der Waals surface area contributed by atoms with Crippen molar-refractivity contribution in [3.8, 4) is 0 Å². The largest absolute Gasteiger partial charge is 0.388 e. The zero-order valence-corrected chi connectivity index (χ0v) is 18.1. The molecule has 1 N–H and O–H groups in total. The van der Waals surface area contributed by atoms with Crippen LogP contribution < -0.4 is 5.32 Å². The summed E-state index contributed by atoms with van der Waals surface area (Å²) in [5.74, 6) is 0.637. The van der Waals surface area contributed by atoms with Crippen LogP contribution in [0, 0.1) is 12.8 Å². The second kappa shape index (κ2) is 10.8. The Labute approximate surface area is 171 Å². The molecule has 0 amide bonds. The van der Waals surface area contributed by atoms with Crippen LogP contribution in [0.4, 0.5) is 0 Å². The monoisotopic (exact) mass is 376 g/mol. The molecule has 28 heavy (non-hydrogen) atoms. The standard InChI is InChI=1S/C26H36N2/c1-7-23(8-2)24(17-20(4)26-16-15-21(5)28(26)6)18-25(9-3)27-19-22-13-11-10-12-14-22/h7-8,11,13,15-18,22,27H,1,4,9-10,12,14,19H2,2-3,5-6H3/b23-8-,24-17-,25-18+/t22-/m0/s1. The first-order valence-corrected chi connectivity index (χ1v) is 10.4. The number of allylic oxidation sites excluding steroid dienone is 9. The molecule has 0 spiro atoms. The molecule has 0 unspecified atom stereocenters. The minimum absolute atomic E-state index is 0.637. The third-order valence-electron chi connectivity index (χ3n) is 5.55. The topological polar surface area (TPSA) is 17.0 Å². The van der Waals surface area contributed by atoms with E-state index < -0.39 is 0 Å². The molecule has 0 fully saturated rings. The summed E-state index contributed by atoms with van der Waals surface area (Å²) < 4.78 is 2.18. The van der Waals surface area contributed by atoms with Gasteiger partial charge in [0.05, 0.1) is 0 Å². The van der Waals surface area contributed by atoms with Gasteiger partial charge in [-0.15, -0.1) is 0 Å². The predicted molar refractivity (Wildman–Crippen MR) is 124 cm³/mol. The lowest BCUT2D eigenvalue weighted by atomic mass is 9.95. The van der Waals surface area contributed by atoms with Crippen LogP contribution in [-0.2, 0) is 7.05 Å². The maximum Gasteiger partial charge on any atom is 0.0473 e. The number of nitrogens with zero attached hydrogens (tertiary/aromatic N) is 1. The molecular weight excluding hydrogens is 340 g/mol. The van der Waals surface area contributed by atoms with Gasteiger partial charge < -0.3 is 9.88 Å². The molecule has 1 aromatic rings. The summed E-state index contributed by atoms with van der Waals surface area (Å²) in [6, 6.07) is 4.26. The van der Waals surface area contributed by atoms with Crippen molar-refractivity contribution in [1.82, 2.24) is 9.88 Å². The fraction of sp³-hybridized carbons (Fsp3) is 0.385. The molecule has 1 aliphatic carbocycles. The number of rotatable bonds is 9. The number of hydrogen-bond acceptors (Lipinski definition) is 1. The van der Waals surface area contributed by atoms with Gasteiger partial charge in [0.25, 0.3) is 0 Å². The van der Waals surface area contributed by atoms with Crippen molar-refractivity contribution in [3.63, 3.8) is 0 Å². The zero-order chi connectivity index (χ0) is 20.5. The third-order valence-corrected chi connectivity index (χ3v) is 5.55. The van der Waals surface area contributed by atoms with Crippen molar-refractivity contribution in [3.05, 3.63) is 90.0 Å². The fourth-order valence-corrected chi connectivity index (χ4v) is 3.59. The Balaban J connectivity index is 2.27. The quantitative estimate of drug-likeness (QED) is 0.377. The molecule has 0 saturated heterocycles. The minimum Gasteiger partial charge on any atom is -0.388 e. The average molecular weight is 377 g/mol. The van der Waals surface area contributed by atoms with Gasteiger partial charge in [-0.3, -0.25) is 0 Å². The molecule has 150 valence electrons. The highest BCUT2D eigenvalue weighted by Crippen LogP contribution is 2.24. The lowest BCUT2D eigenvalue weighted by Crippen LogP contribution is -2.22. The molecule has 0 saturated carbocycles. The van der Waals surface area contributed by atoms with E-state index in [1.807, 2.05) is 6.08 Å². The highest BCUT2D eigenvalue weighted by atomic mass is 14.9. The van der Waals surface area contributed by atoms with Gasteiger partial charge in [-0.05, 0) is 86.5 Å². The Hall–Kier alpha value is -2.48. The molecule has 0 bridgehead atoms. The smallest absolute Gasteiger partial charge is 0.0473 e. The van der Waals surface area contributed by atoms with Crippen LogP contribution in [0.15, 0.2) is 78.6 Å². The predicted octanol–water partition coefficient (Wildman–Crippen LogP) is 6.65. The van der Waals surface area contributed by atoms with Crippen LogP contribution in [0.2, 0.25) is 0 Å². The third kappa shape index (κ3) is 5.76. The first-order chi connectivity index (χ1) is 13.5. The van der Waals surface area contributed by atoms with Crippen molar-refractivity contribution in [2.24, 2.45) is 13.0 Å². The van der Waals surface area contributed by atoms with Crippen molar-refractivity contribution in [2.75, 3.05) is 6.54 Å². The lowest BCUT2D eigenvalue weighted by Gasteiger charge is -2.19. The number of aryl methyl sites for hydroxylation is 1. The van der Waals surface area contributed by atoms with Gasteiger partial charge in [0.1, 0.15) is 0 Å². The van der Waals surface area contributed by atoms with Crippen LogP contribution in [-0.4, -0.2) is 11.1 Å². The van der Waals surface area contributed by atoms with Crippen molar-refractivity contribution < 1.29 is 0 Å². The summed E-state index contributed by atoms with van der Waals surface area (Å²) in [5, 5.41) is 3.67. The second-order valence-corrected chi connectivity index (χ2v) is 7.52. The van der Waals surface area contributed by atoms with Gasteiger partial charge in [-0.1, -0.05) is 44.4 Å². The van der Waals surface area contributed by atoms with E-state index in [9.17, 15) is 0 Å². The van der Waals surface area contributed by atoms with Crippen LogP contribution in [0.1, 0.15) is 50.9 Å². The van der Waals surface area contributed by atoms with Gasteiger partial charge in [-0.2, -0.15) is 0 Å². The number of nitrogens with one attached hydrogen (secondary N) is 1. The normalized spacial score (nSPS) is 18.3. The first kappa shape index (κ1) is 21.8. The van der Waals surface area contributed by atoms with Crippen molar-refractivity contribution >= 4 is 5.57 Å². The summed E-state index contributed by atoms with van der Waals surface area (Å²) in [7, 11) is 2.08. The molecule has 0 aliphatic heterocycles. The number of hydrogen-bond donors (Lipinski definition) is 1. The minimum atomic E-state index is 0.637. The van der Waals surface area contributed by atoms with Gasteiger partial charge in [0.15, 0.2) is 0 Å². The summed E-state index contributed by atoms with van der Waals surface area (Å²) in [6.45, 7) is 15.7. The molecule has 1 heterocycles. The van der Waals surface area contributed by atoms with Crippen LogP contribution in [0.5, 0.6) is 0 Å². The van der Waals surface area contributed by atoms with E-state index in [1.165, 1.54) is 30.7 Å². The molecule has 2 nitrogen and oxygen atoms in total. The van der Waals surface area contributed by atoms with Gasteiger partial charge in [0.2, 0.25) is 0 Å². The van der Waals surface area contributed by atoms with E-state index in [2.05, 4.69) is 93.4 Å². The van der Waals surface area contributed by atoms with E-state index in [4.69, 9.17) is 0 Å². The Bertz CT molecular complexity index is 811. The second-order valence-electron chi connectivity index (χ2n) is 7.52. The molecule has 1 aliphatic rings. The SMILES string of the molecule is C=CC(=C/C)/C(=C\C(=C)c1ccc(C)n1C)/C=C(\CC)NC[C@H]1C=CCCC1. The molecule has 2 rings (SSSR count). The summed E-state index contributed by atoms with van der Waals surface area (Å²) in [4.78, 5) is 0. The summed E-state index contributed by atoms with van der Waals surface area (Å²) >= 11 is 0. The molecule has 2 heteroatoms. The van der Waals surface area contributed by atoms with Crippen LogP contribution in [0.25, 0.3) is 5.57 Å². The molecule has 0 radical (unpaired) electrons. The van der Waals surface area contributed by atoms with Crippen molar-refractivity contribution in [2.45, 2.75) is 46.5 Å². The fourth-order valence-electron chi connectivity index (χ4n) is 3.59. The van der Waals surface area contributed by atoms with E-state index in [0.717, 1.165) is 35.4 Å². The molecule has 1 atom stereocenters. The molecule has 0 aromatic carbocycles. The van der Waals surface area contributed by atoms with Crippen LogP contribution in [0.3, 0.4) is 0 Å². The Kier molecular flexibility index (Phi) is 8.38. The average Bonchev–Trinajstić information content (AvgIpc) is 3.05. The molecule has 1 aromatic heterocycles. The van der Waals surface area contributed by atoms with E-state index >= 15 is 0 Å². The highest BCUT2D eigenvalue weighted by molar-refractivity contribution is 5.74. The van der Waals surface area contributed by atoms with E-state index in [0.29, 0.717) is 5.92 Å². The van der Waals surface area contributed by atoms with Gasteiger partial charge in [0, 0.05) is 30.7 Å². The lowest BCUT2D eigenvalue weighted by molar-refractivity contribution is 0.513. The summed E-state index contributed by atoms with van der Waals surface area (Å²) in [6.07, 6.45) is 17.9. The Morgan fingerprint density at radius 2 is 2.07 bits per heavy atom. The first-order valence-electron chi connectivity index (χ1n) is 10.4. The van der Waals surface area contributed by atoms with Gasteiger partial charge >= 0.3 is 0 Å².